The van der Waals surface area contributed by atoms with Crippen molar-refractivity contribution in [2.24, 2.45) is 35.5 Å². The molecule has 0 N–H and O–H groups in total. The number of alkyl halides is 2. The lowest BCUT2D eigenvalue weighted by molar-refractivity contribution is -0.0865. The molecule has 4 rings (SSSR count). The molecule has 6 heteroatoms. The second-order valence-electron chi connectivity index (χ2n) is 12.5. The monoisotopic (exact) mass is 562 g/mol. The van der Waals surface area contributed by atoms with Crippen LogP contribution >= 0.6 is 0 Å². The largest absolute Gasteiger partial charge is 0.490 e. The van der Waals surface area contributed by atoms with Crippen molar-refractivity contribution in [3.63, 3.8) is 0 Å². The van der Waals surface area contributed by atoms with Crippen molar-refractivity contribution in [1.29, 1.82) is 0 Å². The Hall–Kier alpha value is -2.16. The van der Waals surface area contributed by atoms with E-state index in [4.69, 9.17) is 9.47 Å². The quantitative estimate of drug-likeness (QED) is 0.169. The first kappa shape index (κ1) is 30.8. The summed E-state index contributed by atoms with van der Waals surface area (Å²) >= 11 is 0. The number of halogens is 4. The Morgan fingerprint density at radius 1 is 0.800 bits per heavy atom. The zero-order chi connectivity index (χ0) is 28.5. The molecule has 0 amide bonds. The highest BCUT2D eigenvalue weighted by molar-refractivity contribution is 5.35. The zero-order valence-corrected chi connectivity index (χ0v) is 24.2. The van der Waals surface area contributed by atoms with Gasteiger partial charge in [-0.15, -0.1) is 0 Å². The first-order valence-corrected chi connectivity index (χ1v) is 15.5. The lowest BCUT2D eigenvalue weighted by atomic mass is 9.78. The van der Waals surface area contributed by atoms with Gasteiger partial charge >= 0.3 is 0 Å². The summed E-state index contributed by atoms with van der Waals surface area (Å²) in [4.78, 5) is 0. The summed E-state index contributed by atoms with van der Waals surface area (Å²) in [6.07, 6.45) is 14.9. The van der Waals surface area contributed by atoms with E-state index in [9.17, 15) is 17.6 Å². The summed E-state index contributed by atoms with van der Waals surface area (Å²) in [5, 5.41) is 0. The van der Waals surface area contributed by atoms with Crippen LogP contribution in [0, 0.1) is 59.0 Å². The second-order valence-corrected chi connectivity index (χ2v) is 12.5. The average Bonchev–Trinajstić information content (AvgIpc) is 2.95. The minimum absolute atomic E-state index is 0.165. The number of hydrogen-bond donors (Lipinski definition) is 0. The van der Waals surface area contributed by atoms with Gasteiger partial charge in [0.15, 0.2) is 11.5 Å². The Kier molecular flexibility index (Phi) is 11.3. The first-order valence-electron chi connectivity index (χ1n) is 15.5. The van der Waals surface area contributed by atoms with Crippen molar-refractivity contribution >= 4 is 0 Å². The standard InChI is InChI=1S/C34H46F4O2/c1-3-4-25-15-17-29(18-16-25)34(37,38)21-22-39-30-19-20-31(33(36)32(30)35)40-23-28-13-11-27(12-14-28)10-9-26-7-5-24(2)6-8-26/h3-4,19-20,24-29H,5-8,11-18,21-23H2,1-2H3/b4-3+. The SMILES string of the molecule is C/C=C/C1CCC(C(F)(F)CCOc2ccc(OCC3CCC(C#CC4CCC(C)CC4)CC3)c(F)c2F)CC1. The van der Waals surface area contributed by atoms with E-state index in [1.807, 2.05) is 13.0 Å². The second kappa shape index (κ2) is 14.6. The molecule has 0 aromatic heterocycles. The van der Waals surface area contributed by atoms with Gasteiger partial charge in [-0.05, 0) is 114 Å². The third-order valence-corrected chi connectivity index (χ3v) is 9.37. The van der Waals surface area contributed by atoms with Crippen LogP contribution in [-0.2, 0) is 0 Å². The predicted octanol–water partition coefficient (Wildman–Crippen LogP) is 9.77. The molecule has 1 aromatic carbocycles. The van der Waals surface area contributed by atoms with Gasteiger partial charge in [-0.3, -0.25) is 0 Å². The maximum atomic E-state index is 14.7. The molecule has 0 radical (unpaired) electrons. The third-order valence-electron chi connectivity index (χ3n) is 9.37. The lowest BCUT2D eigenvalue weighted by Gasteiger charge is -2.32. The molecule has 3 fully saturated rings. The Labute approximate surface area is 238 Å². The highest BCUT2D eigenvalue weighted by Crippen LogP contribution is 2.41. The van der Waals surface area contributed by atoms with Crippen LogP contribution in [0.3, 0.4) is 0 Å². The van der Waals surface area contributed by atoms with Crippen molar-refractivity contribution in [2.45, 2.75) is 103 Å². The Bertz CT molecular complexity index is 1020. The van der Waals surface area contributed by atoms with Gasteiger partial charge in [-0.2, -0.15) is 8.78 Å². The number of rotatable bonds is 9. The van der Waals surface area contributed by atoms with Crippen molar-refractivity contribution in [3.05, 3.63) is 35.9 Å². The normalized spacial score (nSPS) is 29.6. The van der Waals surface area contributed by atoms with Gasteiger partial charge in [0.1, 0.15) is 0 Å². The van der Waals surface area contributed by atoms with Crippen molar-refractivity contribution in [2.75, 3.05) is 13.2 Å². The topological polar surface area (TPSA) is 18.5 Å². The molecule has 40 heavy (non-hydrogen) atoms. The lowest BCUT2D eigenvalue weighted by Crippen LogP contribution is -2.33. The van der Waals surface area contributed by atoms with E-state index in [-0.39, 0.29) is 24.0 Å². The van der Waals surface area contributed by atoms with E-state index in [1.54, 1.807) is 0 Å². The van der Waals surface area contributed by atoms with Crippen molar-refractivity contribution in [1.82, 2.24) is 0 Å². The Morgan fingerprint density at radius 2 is 1.35 bits per heavy atom. The fourth-order valence-corrected chi connectivity index (χ4v) is 6.57. The van der Waals surface area contributed by atoms with E-state index in [2.05, 4.69) is 24.8 Å². The molecule has 3 aliphatic carbocycles. The maximum absolute atomic E-state index is 14.7. The van der Waals surface area contributed by atoms with Crippen molar-refractivity contribution < 1.29 is 27.0 Å². The molecule has 0 unspecified atom stereocenters. The molecule has 0 aliphatic heterocycles. The van der Waals surface area contributed by atoms with Gasteiger partial charge in [0, 0.05) is 24.2 Å². The third kappa shape index (κ3) is 8.67. The van der Waals surface area contributed by atoms with E-state index in [0.717, 1.165) is 44.4 Å². The summed E-state index contributed by atoms with van der Waals surface area (Å²) in [5.74, 6) is 3.05. The summed E-state index contributed by atoms with van der Waals surface area (Å²) in [5.41, 5.74) is 0. The summed E-state index contributed by atoms with van der Waals surface area (Å²) in [7, 11) is 0. The summed E-state index contributed by atoms with van der Waals surface area (Å²) < 4.78 is 69.7. The molecule has 222 valence electrons. The van der Waals surface area contributed by atoms with E-state index in [0.29, 0.717) is 37.2 Å². The first-order chi connectivity index (χ1) is 19.2. The van der Waals surface area contributed by atoms with Crippen LogP contribution in [0.2, 0.25) is 0 Å². The molecule has 3 saturated carbocycles. The van der Waals surface area contributed by atoms with Crippen molar-refractivity contribution in [3.8, 4) is 23.3 Å². The molecular formula is C34H46F4O2. The molecule has 2 nitrogen and oxygen atoms in total. The van der Waals surface area contributed by atoms with Crippen LogP contribution < -0.4 is 9.47 Å². The highest BCUT2D eigenvalue weighted by atomic mass is 19.3. The molecule has 3 aliphatic rings. The number of allylic oxidation sites excluding steroid dienone is 2. The van der Waals surface area contributed by atoms with Gasteiger partial charge in [-0.1, -0.05) is 30.9 Å². The molecule has 0 bridgehead atoms. The molecule has 0 atom stereocenters. The van der Waals surface area contributed by atoms with Gasteiger partial charge in [0.05, 0.1) is 13.2 Å². The minimum Gasteiger partial charge on any atom is -0.490 e. The van der Waals surface area contributed by atoms with Crippen LogP contribution in [0.5, 0.6) is 11.5 Å². The Balaban J connectivity index is 1.18. The fraction of sp³-hybridized carbons (Fsp3) is 0.706. The number of benzene rings is 1. The van der Waals surface area contributed by atoms with Crippen LogP contribution in [0.15, 0.2) is 24.3 Å². The van der Waals surface area contributed by atoms with Gasteiger partial charge < -0.3 is 9.47 Å². The van der Waals surface area contributed by atoms with Gasteiger partial charge in [0.2, 0.25) is 11.6 Å². The van der Waals surface area contributed by atoms with Crippen LogP contribution in [0.4, 0.5) is 17.6 Å². The summed E-state index contributed by atoms with van der Waals surface area (Å²) in [6, 6.07) is 2.60. The van der Waals surface area contributed by atoms with E-state index in [1.165, 1.54) is 37.8 Å². The predicted molar refractivity (Wildman–Crippen MR) is 152 cm³/mol. The molecule has 0 spiro atoms. The molecule has 0 heterocycles. The number of hydrogen-bond acceptors (Lipinski definition) is 2. The Morgan fingerprint density at radius 3 is 1.93 bits per heavy atom. The van der Waals surface area contributed by atoms with Crippen LogP contribution in [0.1, 0.15) is 97.3 Å². The fourth-order valence-electron chi connectivity index (χ4n) is 6.57. The van der Waals surface area contributed by atoms with Crippen LogP contribution in [-0.4, -0.2) is 19.1 Å². The maximum Gasteiger partial charge on any atom is 0.254 e. The molecule has 0 saturated heterocycles. The zero-order valence-electron chi connectivity index (χ0n) is 24.2. The molecule has 1 aromatic rings. The van der Waals surface area contributed by atoms with Gasteiger partial charge in [0.25, 0.3) is 5.92 Å². The minimum atomic E-state index is -2.89. The average molecular weight is 563 g/mol. The number of ether oxygens (including phenoxy) is 2. The van der Waals surface area contributed by atoms with E-state index >= 15 is 0 Å². The van der Waals surface area contributed by atoms with Crippen LogP contribution in [0.25, 0.3) is 0 Å². The molecular weight excluding hydrogens is 516 g/mol. The van der Waals surface area contributed by atoms with E-state index < -0.39 is 29.9 Å². The smallest absolute Gasteiger partial charge is 0.254 e. The van der Waals surface area contributed by atoms with Gasteiger partial charge in [-0.25, -0.2) is 8.78 Å². The highest BCUT2D eigenvalue weighted by Gasteiger charge is 2.40. The summed E-state index contributed by atoms with van der Waals surface area (Å²) in [6.45, 7) is 4.21.